The molecule has 0 aromatic heterocycles. The van der Waals surface area contributed by atoms with Crippen LogP contribution in [-0.2, 0) is 4.79 Å². The van der Waals surface area contributed by atoms with Crippen LogP contribution in [0.5, 0.6) is 5.75 Å². The van der Waals surface area contributed by atoms with E-state index in [0.29, 0.717) is 42.5 Å². The highest BCUT2D eigenvalue weighted by molar-refractivity contribution is 6.30. The molecule has 0 bridgehead atoms. The smallest absolute Gasteiger partial charge is 0.257 e. The lowest BCUT2D eigenvalue weighted by Crippen LogP contribution is -2.36. The van der Waals surface area contributed by atoms with Crippen LogP contribution in [0.1, 0.15) is 22.3 Å². The number of carbonyl (C=O) groups excluding carboxylic acids is 2. The highest BCUT2D eigenvalue weighted by Crippen LogP contribution is 2.20. The maximum Gasteiger partial charge on any atom is 0.257 e. The van der Waals surface area contributed by atoms with Crippen molar-refractivity contribution in [1.82, 2.24) is 9.80 Å². The molecule has 0 aliphatic carbocycles. The summed E-state index contributed by atoms with van der Waals surface area (Å²) in [4.78, 5) is 29.0. The molecule has 6 heteroatoms. The Labute approximate surface area is 170 Å². The van der Waals surface area contributed by atoms with Crippen LogP contribution < -0.4 is 4.74 Å². The molecule has 146 valence electrons. The molecule has 2 amide bonds. The van der Waals surface area contributed by atoms with Gasteiger partial charge in [-0.1, -0.05) is 35.9 Å². The molecule has 0 radical (unpaired) electrons. The first kappa shape index (κ1) is 20.0. The number of ether oxygens (including phenoxy) is 1. The van der Waals surface area contributed by atoms with Crippen LogP contribution in [0.4, 0.5) is 0 Å². The van der Waals surface area contributed by atoms with Gasteiger partial charge in [0.1, 0.15) is 5.75 Å². The average molecular weight is 399 g/mol. The third kappa shape index (κ3) is 4.93. The second-order valence-corrected chi connectivity index (χ2v) is 6.99. The first-order chi connectivity index (χ1) is 13.6. The van der Waals surface area contributed by atoms with Crippen molar-refractivity contribution in [3.8, 4) is 5.75 Å². The Bertz CT molecular complexity index is 864. The predicted molar refractivity (Wildman–Crippen MR) is 111 cm³/mol. The van der Waals surface area contributed by atoms with Crippen LogP contribution >= 0.6 is 11.6 Å². The van der Waals surface area contributed by atoms with Gasteiger partial charge in [0, 0.05) is 37.3 Å². The van der Waals surface area contributed by atoms with Crippen LogP contribution in [0.15, 0.2) is 54.6 Å². The topological polar surface area (TPSA) is 49.9 Å². The highest BCUT2D eigenvalue weighted by Gasteiger charge is 2.23. The maximum absolute atomic E-state index is 12.9. The number of amides is 2. The molecular formula is C22H23ClN2O3. The number of para-hydroxylation sites is 1. The minimum absolute atomic E-state index is 0.0541. The summed E-state index contributed by atoms with van der Waals surface area (Å²) < 4.78 is 5.30. The number of hydrogen-bond acceptors (Lipinski definition) is 3. The first-order valence-electron chi connectivity index (χ1n) is 9.23. The quantitative estimate of drug-likeness (QED) is 0.737. The van der Waals surface area contributed by atoms with E-state index in [2.05, 4.69) is 0 Å². The predicted octanol–water partition coefficient (Wildman–Crippen LogP) is 3.74. The number of methoxy groups -OCH3 is 1. The zero-order chi connectivity index (χ0) is 19.9. The Morgan fingerprint density at radius 3 is 2.39 bits per heavy atom. The van der Waals surface area contributed by atoms with Gasteiger partial charge in [-0.05, 0) is 42.3 Å². The Kier molecular flexibility index (Phi) is 6.71. The molecule has 0 atom stereocenters. The number of benzene rings is 2. The van der Waals surface area contributed by atoms with Gasteiger partial charge < -0.3 is 14.5 Å². The van der Waals surface area contributed by atoms with Crippen LogP contribution in [-0.4, -0.2) is 54.9 Å². The summed E-state index contributed by atoms with van der Waals surface area (Å²) in [6.45, 7) is 2.24. The van der Waals surface area contributed by atoms with Crippen molar-refractivity contribution in [2.75, 3.05) is 33.3 Å². The van der Waals surface area contributed by atoms with E-state index in [1.54, 1.807) is 53.3 Å². The molecule has 1 aliphatic heterocycles. The minimum atomic E-state index is -0.0662. The number of rotatable bonds is 4. The van der Waals surface area contributed by atoms with Crippen LogP contribution in [0, 0.1) is 0 Å². The number of nitrogens with zero attached hydrogens (tertiary/aromatic N) is 2. The Hall–Kier alpha value is -2.79. The molecular weight excluding hydrogens is 376 g/mol. The van der Waals surface area contributed by atoms with Crippen LogP contribution in [0.2, 0.25) is 5.02 Å². The lowest BCUT2D eigenvalue weighted by atomic mass is 10.1. The molecule has 5 nitrogen and oxygen atoms in total. The molecule has 0 saturated carbocycles. The van der Waals surface area contributed by atoms with E-state index in [1.165, 1.54) is 0 Å². The molecule has 2 aromatic rings. The van der Waals surface area contributed by atoms with E-state index in [9.17, 15) is 9.59 Å². The normalized spacial score (nSPS) is 14.8. The van der Waals surface area contributed by atoms with Crippen molar-refractivity contribution < 1.29 is 14.3 Å². The fraction of sp³-hybridized carbons (Fsp3) is 0.273. The third-order valence-electron chi connectivity index (χ3n) is 4.72. The second kappa shape index (κ2) is 9.42. The SMILES string of the molecule is COc1ccccc1C(=O)N1CCCN(C(=O)/C=C/c2ccc(Cl)cc2)CC1. The molecule has 1 heterocycles. The Morgan fingerprint density at radius 1 is 0.964 bits per heavy atom. The van der Waals surface area contributed by atoms with Crippen LogP contribution in [0.25, 0.3) is 6.08 Å². The van der Waals surface area contributed by atoms with Gasteiger partial charge in [-0.3, -0.25) is 9.59 Å². The summed E-state index contributed by atoms with van der Waals surface area (Å²) >= 11 is 5.88. The van der Waals surface area contributed by atoms with Gasteiger partial charge in [-0.2, -0.15) is 0 Å². The van der Waals surface area contributed by atoms with Gasteiger partial charge in [0.15, 0.2) is 0 Å². The molecule has 1 saturated heterocycles. The van der Waals surface area contributed by atoms with Crippen molar-refractivity contribution in [3.05, 3.63) is 70.8 Å². The summed E-state index contributed by atoms with van der Waals surface area (Å²) in [5, 5.41) is 0.663. The molecule has 2 aromatic carbocycles. The molecule has 0 unspecified atom stereocenters. The zero-order valence-corrected chi connectivity index (χ0v) is 16.6. The third-order valence-corrected chi connectivity index (χ3v) is 4.97. The Morgan fingerprint density at radius 2 is 1.64 bits per heavy atom. The molecule has 0 spiro atoms. The molecule has 0 N–H and O–H groups in total. The second-order valence-electron chi connectivity index (χ2n) is 6.56. The number of halogens is 1. The van der Waals surface area contributed by atoms with Crippen molar-refractivity contribution in [3.63, 3.8) is 0 Å². The van der Waals surface area contributed by atoms with E-state index in [1.807, 2.05) is 24.3 Å². The maximum atomic E-state index is 12.9. The fourth-order valence-corrected chi connectivity index (χ4v) is 3.31. The lowest BCUT2D eigenvalue weighted by Gasteiger charge is -2.22. The highest BCUT2D eigenvalue weighted by atomic mass is 35.5. The van der Waals surface area contributed by atoms with Crippen molar-refractivity contribution in [2.45, 2.75) is 6.42 Å². The summed E-state index contributed by atoms with van der Waals surface area (Å²) in [5.74, 6) is 0.445. The van der Waals surface area contributed by atoms with E-state index in [0.717, 1.165) is 12.0 Å². The van der Waals surface area contributed by atoms with Gasteiger partial charge in [0.25, 0.3) is 5.91 Å². The Balaban J connectivity index is 1.62. The molecule has 1 fully saturated rings. The van der Waals surface area contributed by atoms with E-state index in [4.69, 9.17) is 16.3 Å². The standard InChI is InChI=1S/C22H23ClN2O3/c1-28-20-6-3-2-5-19(20)22(27)25-14-4-13-24(15-16-25)21(26)12-9-17-7-10-18(23)11-8-17/h2-3,5-12H,4,13-16H2,1H3/b12-9+. The van der Waals surface area contributed by atoms with Crippen molar-refractivity contribution in [1.29, 1.82) is 0 Å². The monoisotopic (exact) mass is 398 g/mol. The van der Waals surface area contributed by atoms with E-state index in [-0.39, 0.29) is 11.8 Å². The fourth-order valence-electron chi connectivity index (χ4n) is 3.18. The van der Waals surface area contributed by atoms with Gasteiger partial charge in [-0.25, -0.2) is 0 Å². The van der Waals surface area contributed by atoms with Crippen LogP contribution in [0.3, 0.4) is 0 Å². The van der Waals surface area contributed by atoms with E-state index < -0.39 is 0 Å². The van der Waals surface area contributed by atoms with E-state index >= 15 is 0 Å². The molecule has 28 heavy (non-hydrogen) atoms. The van der Waals surface area contributed by atoms with Crippen molar-refractivity contribution >= 4 is 29.5 Å². The first-order valence-corrected chi connectivity index (χ1v) is 9.61. The summed E-state index contributed by atoms with van der Waals surface area (Å²) in [5.41, 5.74) is 1.47. The molecule has 1 aliphatic rings. The van der Waals surface area contributed by atoms with Gasteiger partial charge in [0.2, 0.25) is 5.91 Å². The van der Waals surface area contributed by atoms with Gasteiger partial charge in [-0.15, -0.1) is 0 Å². The summed E-state index contributed by atoms with van der Waals surface area (Å²) in [6, 6.07) is 14.5. The van der Waals surface area contributed by atoms with Crippen molar-refractivity contribution in [2.24, 2.45) is 0 Å². The van der Waals surface area contributed by atoms with Gasteiger partial charge in [0.05, 0.1) is 12.7 Å². The lowest BCUT2D eigenvalue weighted by molar-refractivity contribution is -0.125. The number of carbonyl (C=O) groups is 2. The summed E-state index contributed by atoms with van der Waals surface area (Å²) in [6.07, 6.45) is 4.09. The zero-order valence-electron chi connectivity index (χ0n) is 15.8. The number of hydrogen-bond donors (Lipinski definition) is 0. The van der Waals surface area contributed by atoms with Gasteiger partial charge >= 0.3 is 0 Å². The largest absolute Gasteiger partial charge is 0.496 e. The molecule has 3 rings (SSSR count). The minimum Gasteiger partial charge on any atom is -0.496 e. The average Bonchev–Trinajstić information content (AvgIpc) is 2.99. The summed E-state index contributed by atoms with van der Waals surface area (Å²) in [7, 11) is 1.56.